The highest BCUT2D eigenvalue weighted by Crippen LogP contribution is 2.28. The van der Waals surface area contributed by atoms with Crippen molar-refractivity contribution in [3.8, 4) is 0 Å². The molecule has 0 unspecified atom stereocenters. The van der Waals surface area contributed by atoms with E-state index in [1.165, 1.54) is 4.31 Å². The zero-order chi connectivity index (χ0) is 14.6. The molecule has 1 rings (SSSR count). The predicted octanol–water partition coefficient (Wildman–Crippen LogP) is 2.43. The van der Waals surface area contributed by atoms with Gasteiger partial charge in [-0.15, -0.1) is 0 Å². The Kier molecular flexibility index (Phi) is 6.04. The Bertz CT molecular complexity index is 511. The molecule has 110 valence electrons. The van der Waals surface area contributed by atoms with Crippen molar-refractivity contribution in [3.63, 3.8) is 0 Å². The third-order valence-corrected chi connectivity index (χ3v) is 5.48. The van der Waals surface area contributed by atoms with Crippen molar-refractivity contribution in [2.24, 2.45) is 5.92 Å². The lowest BCUT2D eigenvalue weighted by Gasteiger charge is -2.17. The van der Waals surface area contributed by atoms with Gasteiger partial charge in [-0.2, -0.15) is 0 Å². The van der Waals surface area contributed by atoms with Crippen LogP contribution in [0.2, 0.25) is 0 Å². The normalized spacial score (nSPS) is 12.6. The van der Waals surface area contributed by atoms with Crippen LogP contribution < -0.4 is 5.32 Å². The highest BCUT2D eigenvalue weighted by molar-refractivity contribution is 9.10. The first-order valence-electron chi connectivity index (χ1n) is 6.18. The molecule has 7 heteroatoms. The van der Waals surface area contributed by atoms with Gasteiger partial charge in [0.25, 0.3) is 0 Å². The maximum atomic E-state index is 12.4. The van der Waals surface area contributed by atoms with Crippen LogP contribution in [0.15, 0.2) is 20.0 Å². The lowest BCUT2D eigenvalue weighted by molar-refractivity contribution is 0.425. The van der Waals surface area contributed by atoms with Gasteiger partial charge < -0.3 is 9.73 Å². The molecule has 0 saturated heterocycles. The van der Waals surface area contributed by atoms with Gasteiger partial charge in [-0.05, 0) is 35.3 Å². The molecule has 1 aromatic heterocycles. The summed E-state index contributed by atoms with van der Waals surface area (Å²) in [6.07, 6.45) is 0.828. The zero-order valence-corrected chi connectivity index (χ0v) is 14.1. The summed E-state index contributed by atoms with van der Waals surface area (Å²) in [6.45, 7) is 5.13. The van der Waals surface area contributed by atoms with E-state index in [1.54, 1.807) is 20.2 Å². The van der Waals surface area contributed by atoms with Crippen molar-refractivity contribution in [1.82, 2.24) is 9.62 Å². The van der Waals surface area contributed by atoms with E-state index in [0.29, 0.717) is 24.8 Å². The topological polar surface area (TPSA) is 62.6 Å². The van der Waals surface area contributed by atoms with Crippen molar-refractivity contribution in [2.45, 2.75) is 31.7 Å². The van der Waals surface area contributed by atoms with E-state index in [4.69, 9.17) is 4.42 Å². The number of furan rings is 1. The van der Waals surface area contributed by atoms with Crippen LogP contribution >= 0.6 is 15.9 Å². The van der Waals surface area contributed by atoms with Crippen LogP contribution in [0.4, 0.5) is 0 Å². The maximum Gasteiger partial charge on any atom is 0.247 e. The van der Waals surface area contributed by atoms with E-state index in [0.717, 1.165) is 6.42 Å². The Morgan fingerprint density at radius 1 is 1.47 bits per heavy atom. The standard InChI is InChI=1S/C12H21BrN2O3S/c1-9(2)5-6-15(4)19(16,17)11-7-10(8-14-3)18-12(11)13/h7,9,14H,5-6,8H2,1-4H3. The van der Waals surface area contributed by atoms with E-state index in [2.05, 4.69) is 35.1 Å². The van der Waals surface area contributed by atoms with Gasteiger partial charge in [-0.1, -0.05) is 13.8 Å². The van der Waals surface area contributed by atoms with Crippen molar-refractivity contribution < 1.29 is 12.8 Å². The van der Waals surface area contributed by atoms with Crippen molar-refractivity contribution in [2.75, 3.05) is 20.6 Å². The van der Waals surface area contributed by atoms with Crippen molar-refractivity contribution >= 4 is 26.0 Å². The molecular weight excluding hydrogens is 332 g/mol. The first-order chi connectivity index (χ1) is 8.78. The van der Waals surface area contributed by atoms with Gasteiger partial charge >= 0.3 is 0 Å². The molecule has 0 atom stereocenters. The lowest BCUT2D eigenvalue weighted by Crippen LogP contribution is -2.28. The van der Waals surface area contributed by atoms with Gasteiger partial charge in [0.1, 0.15) is 10.7 Å². The average molecular weight is 353 g/mol. The lowest BCUT2D eigenvalue weighted by atomic mass is 10.1. The van der Waals surface area contributed by atoms with Crippen LogP contribution in [0, 0.1) is 5.92 Å². The first-order valence-corrected chi connectivity index (χ1v) is 8.41. The zero-order valence-electron chi connectivity index (χ0n) is 11.7. The third kappa shape index (κ3) is 4.30. The molecule has 0 aromatic carbocycles. The third-order valence-electron chi connectivity index (χ3n) is 2.77. The number of hydrogen-bond donors (Lipinski definition) is 1. The molecule has 1 N–H and O–H groups in total. The maximum absolute atomic E-state index is 12.4. The molecule has 0 aliphatic carbocycles. The Morgan fingerprint density at radius 2 is 2.11 bits per heavy atom. The number of halogens is 1. The molecule has 1 aromatic rings. The number of nitrogens with zero attached hydrogens (tertiary/aromatic N) is 1. The van der Waals surface area contributed by atoms with Crippen molar-refractivity contribution in [1.29, 1.82) is 0 Å². The second-order valence-corrected chi connectivity index (χ2v) is 7.62. The SMILES string of the molecule is CNCc1cc(S(=O)(=O)N(C)CCC(C)C)c(Br)o1. The minimum atomic E-state index is -3.50. The number of rotatable bonds is 7. The summed E-state index contributed by atoms with van der Waals surface area (Å²) < 4.78 is 31.8. The fourth-order valence-electron chi connectivity index (χ4n) is 1.56. The summed E-state index contributed by atoms with van der Waals surface area (Å²) in [5.41, 5.74) is 0. The largest absolute Gasteiger partial charge is 0.452 e. The number of nitrogens with one attached hydrogen (secondary N) is 1. The van der Waals surface area contributed by atoms with E-state index in [1.807, 2.05) is 0 Å². The number of sulfonamides is 1. The Morgan fingerprint density at radius 3 is 2.63 bits per heavy atom. The van der Waals surface area contributed by atoms with E-state index in [-0.39, 0.29) is 9.56 Å². The molecule has 0 aliphatic rings. The smallest absolute Gasteiger partial charge is 0.247 e. The van der Waals surface area contributed by atoms with Gasteiger partial charge in [0.05, 0.1) is 6.54 Å². The monoisotopic (exact) mass is 352 g/mol. The second kappa shape index (κ2) is 6.88. The van der Waals surface area contributed by atoms with Gasteiger partial charge in [0.15, 0.2) is 4.67 Å². The van der Waals surface area contributed by atoms with Crippen LogP contribution in [-0.4, -0.2) is 33.4 Å². The molecule has 0 bridgehead atoms. The average Bonchev–Trinajstić information content (AvgIpc) is 2.68. The molecular formula is C12H21BrN2O3S. The van der Waals surface area contributed by atoms with Crippen LogP contribution in [0.3, 0.4) is 0 Å². The summed E-state index contributed by atoms with van der Waals surface area (Å²) >= 11 is 3.17. The molecule has 5 nitrogen and oxygen atoms in total. The molecule has 1 heterocycles. The van der Waals surface area contributed by atoms with Crippen molar-refractivity contribution in [3.05, 3.63) is 16.5 Å². The second-order valence-electron chi connectivity index (χ2n) is 4.89. The van der Waals surface area contributed by atoms with Gasteiger partial charge in [0.2, 0.25) is 10.0 Å². The molecule has 0 spiro atoms. The minimum Gasteiger partial charge on any atom is -0.452 e. The fourth-order valence-corrected chi connectivity index (χ4v) is 3.71. The minimum absolute atomic E-state index is 0.184. The highest BCUT2D eigenvalue weighted by atomic mass is 79.9. The summed E-state index contributed by atoms with van der Waals surface area (Å²) in [6, 6.07) is 1.56. The summed E-state index contributed by atoms with van der Waals surface area (Å²) in [7, 11) is -0.129. The fraction of sp³-hybridized carbons (Fsp3) is 0.667. The molecule has 0 amide bonds. The van der Waals surface area contributed by atoms with Gasteiger partial charge in [0, 0.05) is 19.7 Å². The van der Waals surface area contributed by atoms with Crippen LogP contribution in [-0.2, 0) is 16.6 Å². The molecule has 0 fully saturated rings. The summed E-state index contributed by atoms with van der Waals surface area (Å²) in [5.74, 6) is 1.05. The van der Waals surface area contributed by atoms with E-state index < -0.39 is 10.0 Å². The van der Waals surface area contributed by atoms with E-state index in [9.17, 15) is 8.42 Å². The number of hydrogen-bond acceptors (Lipinski definition) is 4. The Hall–Kier alpha value is -0.370. The van der Waals surface area contributed by atoms with E-state index >= 15 is 0 Å². The molecule has 0 aliphatic heterocycles. The Balaban J connectivity index is 2.93. The molecule has 0 radical (unpaired) electrons. The highest BCUT2D eigenvalue weighted by Gasteiger charge is 2.26. The summed E-state index contributed by atoms with van der Waals surface area (Å²) in [4.78, 5) is 0.184. The van der Waals surface area contributed by atoms with Crippen LogP contribution in [0.1, 0.15) is 26.0 Å². The summed E-state index contributed by atoms with van der Waals surface area (Å²) in [5, 5.41) is 2.92. The van der Waals surface area contributed by atoms with Gasteiger partial charge in [-0.3, -0.25) is 0 Å². The molecule has 0 saturated carbocycles. The van der Waals surface area contributed by atoms with Crippen LogP contribution in [0.25, 0.3) is 0 Å². The quantitative estimate of drug-likeness (QED) is 0.818. The Labute approximate surface area is 123 Å². The predicted molar refractivity (Wildman–Crippen MR) is 78.4 cm³/mol. The van der Waals surface area contributed by atoms with Gasteiger partial charge in [-0.25, -0.2) is 12.7 Å². The van der Waals surface area contributed by atoms with Crippen LogP contribution in [0.5, 0.6) is 0 Å². The first kappa shape index (κ1) is 16.7. The molecule has 19 heavy (non-hydrogen) atoms.